The molecule has 0 aromatic carbocycles. The van der Waals surface area contributed by atoms with E-state index in [1.54, 1.807) is 11.3 Å². The molecule has 62 valence electrons. The molecule has 1 N–H and O–H groups in total. The molecule has 0 radical (unpaired) electrons. The Hall–Kier alpha value is -0.380. The Labute approximate surface area is 71.8 Å². The Bertz CT molecular complexity index is 182. The van der Waals surface area contributed by atoms with E-state index in [0.29, 0.717) is 0 Å². The molecule has 2 nitrogen and oxygen atoms in total. The molecule has 0 amide bonds. The standard InChI is InChI=1S/C8H14N2S/c1-10(2)9-5-3-8-4-6-11-7-8/h4,6-7,9H,3,5H2,1-2H3. The molecule has 0 unspecified atom stereocenters. The Kier molecular flexibility index (Phi) is 3.56. The second kappa shape index (κ2) is 4.49. The fourth-order valence-corrected chi connectivity index (χ4v) is 1.56. The summed E-state index contributed by atoms with van der Waals surface area (Å²) in [4.78, 5) is 0. The number of nitrogens with zero attached hydrogens (tertiary/aromatic N) is 1. The zero-order chi connectivity index (χ0) is 8.10. The normalized spacial score (nSPS) is 10.8. The van der Waals surface area contributed by atoms with Crippen LogP contribution in [0.5, 0.6) is 0 Å². The van der Waals surface area contributed by atoms with Gasteiger partial charge in [0.25, 0.3) is 0 Å². The van der Waals surface area contributed by atoms with Gasteiger partial charge in [-0.15, -0.1) is 0 Å². The smallest absolute Gasteiger partial charge is 0.0143 e. The van der Waals surface area contributed by atoms with Crippen LogP contribution in [0.3, 0.4) is 0 Å². The van der Waals surface area contributed by atoms with E-state index in [-0.39, 0.29) is 0 Å². The maximum Gasteiger partial charge on any atom is 0.0143 e. The van der Waals surface area contributed by atoms with Gasteiger partial charge in [-0.1, -0.05) is 0 Å². The van der Waals surface area contributed by atoms with Crippen molar-refractivity contribution in [2.75, 3.05) is 20.6 Å². The number of hydrogen-bond donors (Lipinski definition) is 1. The lowest BCUT2D eigenvalue weighted by molar-refractivity contribution is 0.292. The van der Waals surface area contributed by atoms with Crippen LogP contribution in [-0.4, -0.2) is 25.6 Å². The molecular weight excluding hydrogens is 156 g/mol. The number of hydrogen-bond acceptors (Lipinski definition) is 3. The van der Waals surface area contributed by atoms with Crippen molar-refractivity contribution in [1.82, 2.24) is 10.4 Å². The molecule has 1 aromatic rings. The van der Waals surface area contributed by atoms with Gasteiger partial charge in [-0.25, -0.2) is 0 Å². The molecule has 0 aliphatic heterocycles. The van der Waals surface area contributed by atoms with Gasteiger partial charge in [-0.3, -0.25) is 10.4 Å². The van der Waals surface area contributed by atoms with Gasteiger partial charge >= 0.3 is 0 Å². The topological polar surface area (TPSA) is 15.3 Å². The van der Waals surface area contributed by atoms with E-state index in [4.69, 9.17) is 0 Å². The quantitative estimate of drug-likeness (QED) is 0.686. The first-order valence-electron chi connectivity index (χ1n) is 3.71. The van der Waals surface area contributed by atoms with Crippen molar-refractivity contribution in [3.05, 3.63) is 22.4 Å². The number of nitrogens with one attached hydrogen (secondary N) is 1. The zero-order valence-electron chi connectivity index (χ0n) is 7.00. The van der Waals surface area contributed by atoms with Crippen LogP contribution in [0.15, 0.2) is 16.8 Å². The van der Waals surface area contributed by atoms with E-state index in [9.17, 15) is 0 Å². The minimum atomic E-state index is 1.02. The predicted octanol–water partition coefficient (Wildman–Crippen LogP) is 1.36. The van der Waals surface area contributed by atoms with Gasteiger partial charge in [-0.2, -0.15) is 11.3 Å². The summed E-state index contributed by atoms with van der Waals surface area (Å²) in [5.41, 5.74) is 4.64. The highest BCUT2D eigenvalue weighted by molar-refractivity contribution is 7.07. The maximum atomic E-state index is 3.22. The monoisotopic (exact) mass is 170 g/mol. The van der Waals surface area contributed by atoms with Crippen molar-refractivity contribution >= 4 is 11.3 Å². The van der Waals surface area contributed by atoms with Crippen molar-refractivity contribution in [2.45, 2.75) is 6.42 Å². The van der Waals surface area contributed by atoms with Crippen molar-refractivity contribution in [3.63, 3.8) is 0 Å². The van der Waals surface area contributed by atoms with Crippen LogP contribution >= 0.6 is 11.3 Å². The van der Waals surface area contributed by atoms with Gasteiger partial charge in [-0.05, 0) is 28.8 Å². The van der Waals surface area contributed by atoms with Crippen LogP contribution in [0.2, 0.25) is 0 Å². The van der Waals surface area contributed by atoms with Gasteiger partial charge in [0.1, 0.15) is 0 Å². The Morgan fingerprint density at radius 1 is 1.55 bits per heavy atom. The van der Waals surface area contributed by atoms with E-state index in [1.807, 2.05) is 19.1 Å². The summed E-state index contributed by atoms with van der Waals surface area (Å²) >= 11 is 1.76. The first kappa shape index (κ1) is 8.71. The third-order valence-electron chi connectivity index (χ3n) is 1.42. The number of rotatable bonds is 4. The summed E-state index contributed by atoms with van der Waals surface area (Å²) in [5.74, 6) is 0. The molecular formula is C8H14N2S. The highest BCUT2D eigenvalue weighted by atomic mass is 32.1. The highest BCUT2D eigenvalue weighted by Gasteiger charge is 1.92. The summed E-state index contributed by atoms with van der Waals surface area (Å²) in [7, 11) is 4.02. The second-order valence-electron chi connectivity index (χ2n) is 2.68. The molecule has 11 heavy (non-hydrogen) atoms. The molecule has 1 rings (SSSR count). The summed E-state index contributed by atoms with van der Waals surface area (Å²) in [6.45, 7) is 1.02. The lowest BCUT2D eigenvalue weighted by Gasteiger charge is -2.10. The third kappa shape index (κ3) is 3.51. The van der Waals surface area contributed by atoms with Crippen molar-refractivity contribution in [3.8, 4) is 0 Å². The molecule has 0 aliphatic carbocycles. The van der Waals surface area contributed by atoms with Gasteiger partial charge in [0.05, 0.1) is 0 Å². The molecule has 0 saturated carbocycles. The lowest BCUT2D eigenvalue weighted by atomic mass is 10.2. The van der Waals surface area contributed by atoms with Gasteiger partial charge in [0, 0.05) is 20.6 Å². The summed E-state index contributed by atoms with van der Waals surface area (Å²) in [6.07, 6.45) is 1.11. The fraction of sp³-hybridized carbons (Fsp3) is 0.500. The van der Waals surface area contributed by atoms with E-state index in [1.165, 1.54) is 5.56 Å². The highest BCUT2D eigenvalue weighted by Crippen LogP contribution is 2.05. The first-order valence-corrected chi connectivity index (χ1v) is 4.65. The van der Waals surface area contributed by atoms with Crippen LogP contribution in [0.25, 0.3) is 0 Å². The summed E-state index contributed by atoms with van der Waals surface area (Å²) < 4.78 is 0. The molecule has 0 atom stereocenters. The average Bonchev–Trinajstić information content (AvgIpc) is 2.39. The largest absolute Gasteiger partial charge is 0.255 e. The molecule has 0 saturated heterocycles. The minimum absolute atomic E-state index is 1.02. The van der Waals surface area contributed by atoms with Crippen molar-refractivity contribution < 1.29 is 0 Å². The molecule has 0 aliphatic rings. The van der Waals surface area contributed by atoms with E-state index in [0.717, 1.165) is 13.0 Å². The van der Waals surface area contributed by atoms with Crippen LogP contribution in [-0.2, 0) is 6.42 Å². The minimum Gasteiger partial charge on any atom is -0.255 e. The summed E-state index contributed by atoms with van der Waals surface area (Å²) in [6, 6.07) is 2.17. The van der Waals surface area contributed by atoms with Gasteiger partial charge in [0.15, 0.2) is 0 Å². The van der Waals surface area contributed by atoms with Crippen LogP contribution in [0.1, 0.15) is 5.56 Å². The van der Waals surface area contributed by atoms with Crippen LogP contribution in [0.4, 0.5) is 0 Å². The average molecular weight is 170 g/mol. The van der Waals surface area contributed by atoms with Crippen molar-refractivity contribution in [1.29, 1.82) is 0 Å². The Morgan fingerprint density at radius 2 is 2.36 bits per heavy atom. The maximum absolute atomic E-state index is 3.22. The third-order valence-corrected chi connectivity index (χ3v) is 2.15. The lowest BCUT2D eigenvalue weighted by Crippen LogP contribution is -2.31. The predicted molar refractivity (Wildman–Crippen MR) is 49.7 cm³/mol. The van der Waals surface area contributed by atoms with E-state index < -0.39 is 0 Å². The molecule has 1 aromatic heterocycles. The molecule has 1 heterocycles. The van der Waals surface area contributed by atoms with Crippen LogP contribution < -0.4 is 5.43 Å². The first-order chi connectivity index (χ1) is 5.29. The molecule has 0 fully saturated rings. The SMILES string of the molecule is CN(C)NCCc1ccsc1. The second-order valence-corrected chi connectivity index (χ2v) is 3.46. The van der Waals surface area contributed by atoms with Crippen LogP contribution in [0, 0.1) is 0 Å². The number of thiophene rings is 1. The van der Waals surface area contributed by atoms with Gasteiger partial charge in [0.2, 0.25) is 0 Å². The van der Waals surface area contributed by atoms with E-state index >= 15 is 0 Å². The summed E-state index contributed by atoms with van der Waals surface area (Å²) in [5, 5.41) is 6.29. The van der Waals surface area contributed by atoms with E-state index in [2.05, 4.69) is 22.3 Å². The molecule has 3 heteroatoms. The number of hydrazine groups is 1. The Morgan fingerprint density at radius 3 is 2.91 bits per heavy atom. The fourth-order valence-electron chi connectivity index (χ4n) is 0.859. The Balaban J connectivity index is 2.14. The zero-order valence-corrected chi connectivity index (χ0v) is 7.82. The molecule has 0 bridgehead atoms. The van der Waals surface area contributed by atoms with Gasteiger partial charge < -0.3 is 0 Å². The van der Waals surface area contributed by atoms with Crippen molar-refractivity contribution in [2.24, 2.45) is 0 Å². The molecule has 0 spiro atoms.